The third-order valence-corrected chi connectivity index (χ3v) is 6.84. The summed E-state index contributed by atoms with van der Waals surface area (Å²) >= 11 is 6.36. The van der Waals surface area contributed by atoms with Crippen LogP contribution in [0.3, 0.4) is 0 Å². The number of halogens is 2. The Hall–Kier alpha value is -3.57. The second kappa shape index (κ2) is 8.33. The van der Waals surface area contributed by atoms with E-state index in [1.54, 1.807) is 18.3 Å². The lowest BCUT2D eigenvalue weighted by molar-refractivity contribution is 0.625. The topological polar surface area (TPSA) is 50.2 Å². The minimum atomic E-state index is -0.322. The zero-order valence-corrected chi connectivity index (χ0v) is 19.4. The summed E-state index contributed by atoms with van der Waals surface area (Å²) < 4.78 is 14.7. The van der Waals surface area contributed by atoms with Crippen molar-refractivity contribution in [3.8, 4) is 11.3 Å². The number of hydrogen-bond donors (Lipinski definition) is 1. The molecule has 1 aliphatic carbocycles. The maximum Gasteiger partial charge on any atom is 0.227 e. The fraction of sp³-hybridized carbons (Fsp3) is 0.179. The Morgan fingerprint density at radius 2 is 1.76 bits per heavy atom. The maximum atomic E-state index is 14.7. The molecule has 168 valence electrons. The van der Waals surface area contributed by atoms with E-state index in [9.17, 15) is 4.39 Å². The highest BCUT2D eigenvalue weighted by Crippen LogP contribution is 2.49. The van der Waals surface area contributed by atoms with Gasteiger partial charge < -0.3 is 5.32 Å². The van der Waals surface area contributed by atoms with Gasteiger partial charge in [-0.1, -0.05) is 54.9 Å². The third kappa shape index (κ3) is 3.76. The Balaban J connectivity index is 1.44. The average Bonchev–Trinajstić information content (AvgIpc) is 3.59. The molecule has 1 aromatic heterocycles. The Morgan fingerprint density at radius 1 is 0.971 bits per heavy atom. The van der Waals surface area contributed by atoms with E-state index in [1.165, 1.54) is 18.1 Å². The van der Waals surface area contributed by atoms with Crippen LogP contribution in [-0.2, 0) is 6.54 Å². The number of fused-ring (bicyclic) bond motifs is 3. The lowest BCUT2D eigenvalue weighted by Crippen LogP contribution is -2.07. The van der Waals surface area contributed by atoms with Crippen LogP contribution in [-0.4, -0.2) is 15.7 Å². The van der Waals surface area contributed by atoms with Crippen molar-refractivity contribution >= 4 is 28.9 Å². The predicted molar refractivity (Wildman–Crippen MR) is 134 cm³/mol. The van der Waals surface area contributed by atoms with Gasteiger partial charge in [0.2, 0.25) is 5.95 Å². The average molecular weight is 469 g/mol. The summed E-state index contributed by atoms with van der Waals surface area (Å²) in [6.07, 6.45) is 3.01. The van der Waals surface area contributed by atoms with E-state index in [0.717, 1.165) is 28.1 Å². The fourth-order valence-corrected chi connectivity index (χ4v) is 4.85. The standard InChI is InChI=1S/C28H22ClFN4/c1-16-12-22(16)19-6-3-5-9-25(19)33-28-32-15-17-14-31-27(21-7-2-4-8-24(21)30)23-13-18(29)10-11-20(23)26(17)34-28/h2-11,13,15-16,22H,12,14H2,1H3,(H,32,33,34)/t16-,22+/m0/s1. The molecule has 0 unspecified atom stereocenters. The van der Waals surface area contributed by atoms with Crippen molar-refractivity contribution < 1.29 is 4.39 Å². The van der Waals surface area contributed by atoms with Crippen LogP contribution in [0.1, 0.15) is 41.5 Å². The normalized spacial score (nSPS) is 18.4. The Morgan fingerprint density at radius 3 is 2.59 bits per heavy atom. The quantitative estimate of drug-likeness (QED) is 0.346. The minimum Gasteiger partial charge on any atom is -0.324 e. The molecule has 1 N–H and O–H groups in total. The van der Waals surface area contributed by atoms with Crippen LogP contribution in [0.2, 0.25) is 5.02 Å². The molecule has 1 aliphatic heterocycles. The second-order valence-electron chi connectivity index (χ2n) is 8.93. The Labute approximate surface area is 202 Å². The molecule has 3 aromatic carbocycles. The van der Waals surface area contributed by atoms with Gasteiger partial charge >= 0.3 is 0 Å². The van der Waals surface area contributed by atoms with Gasteiger partial charge in [-0.15, -0.1) is 0 Å². The van der Waals surface area contributed by atoms with Crippen LogP contribution in [0.25, 0.3) is 11.3 Å². The van der Waals surface area contributed by atoms with Crippen LogP contribution < -0.4 is 5.32 Å². The smallest absolute Gasteiger partial charge is 0.227 e. The van der Waals surface area contributed by atoms with Crippen molar-refractivity contribution in [3.63, 3.8) is 0 Å². The highest BCUT2D eigenvalue weighted by atomic mass is 35.5. The van der Waals surface area contributed by atoms with Crippen molar-refractivity contribution in [2.45, 2.75) is 25.8 Å². The van der Waals surface area contributed by atoms with Gasteiger partial charge in [0.1, 0.15) is 5.82 Å². The monoisotopic (exact) mass is 468 g/mol. The van der Waals surface area contributed by atoms with Gasteiger partial charge in [0.05, 0.1) is 18.0 Å². The van der Waals surface area contributed by atoms with E-state index >= 15 is 0 Å². The molecule has 4 nitrogen and oxygen atoms in total. The number of rotatable bonds is 4. The van der Waals surface area contributed by atoms with E-state index in [-0.39, 0.29) is 5.82 Å². The third-order valence-electron chi connectivity index (χ3n) is 6.61. The minimum absolute atomic E-state index is 0.322. The second-order valence-corrected chi connectivity index (χ2v) is 9.37. The summed E-state index contributed by atoms with van der Waals surface area (Å²) in [5, 5.41) is 3.99. The van der Waals surface area contributed by atoms with Crippen molar-refractivity contribution in [1.29, 1.82) is 0 Å². The number of nitrogens with one attached hydrogen (secondary N) is 1. The molecule has 0 radical (unpaired) electrons. The van der Waals surface area contributed by atoms with Crippen LogP contribution in [0.15, 0.2) is 77.9 Å². The molecule has 6 rings (SSSR count). The maximum absolute atomic E-state index is 14.7. The summed E-state index contributed by atoms with van der Waals surface area (Å²) in [6, 6.07) is 20.6. The van der Waals surface area contributed by atoms with E-state index < -0.39 is 0 Å². The highest BCUT2D eigenvalue weighted by Gasteiger charge is 2.35. The first kappa shape index (κ1) is 21.0. The zero-order valence-electron chi connectivity index (χ0n) is 18.6. The first-order chi connectivity index (χ1) is 16.6. The predicted octanol–water partition coefficient (Wildman–Crippen LogP) is 7.15. The summed E-state index contributed by atoms with van der Waals surface area (Å²) in [7, 11) is 0. The van der Waals surface area contributed by atoms with Crippen LogP contribution in [0, 0.1) is 11.7 Å². The van der Waals surface area contributed by atoms with E-state index in [2.05, 4.69) is 35.4 Å². The summed E-state index contributed by atoms with van der Waals surface area (Å²) in [5.41, 5.74) is 6.60. The van der Waals surface area contributed by atoms with Crippen molar-refractivity contribution in [3.05, 3.63) is 106 Å². The summed E-state index contributed by atoms with van der Waals surface area (Å²) in [4.78, 5) is 14.2. The van der Waals surface area contributed by atoms with E-state index in [0.29, 0.717) is 40.6 Å². The van der Waals surface area contributed by atoms with Crippen LogP contribution in [0.4, 0.5) is 16.0 Å². The van der Waals surface area contributed by atoms with Crippen molar-refractivity contribution in [2.75, 3.05) is 5.32 Å². The highest BCUT2D eigenvalue weighted by molar-refractivity contribution is 6.31. The van der Waals surface area contributed by atoms with Crippen LogP contribution >= 0.6 is 11.6 Å². The number of hydrogen-bond acceptors (Lipinski definition) is 4. The molecule has 0 spiro atoms. The molecule has 0 bridgehead atoms. The fourth-order valence-electron chi connectivity index (χ4n) is 4.68. The molecule has 1 saturated carbocycles. The van der Waals surface area contributed by atoms with Crippen molar-refractivity contribution in [2.24, 2.45) is 10.9 Å². The number of benzene rings is 3. The molecule has 1 fully saturated rings. The zero-order chi connectivity index (χ0) is 23.2. The van der Waals surface area contributed by atoms with Gasteiger partial charge in [0.25, 0.3) is 0 Å². The summed E-state index contributed by atoms with van der Waals surface area (Å²) in [5.74, 6) is 1.47. The van der Waals surface area contributed by atoms with Gasteiger partial charge in [-0.05, 0) is 54.2 Å². The lowest BCUT2D eigenvalue weighted by Gasteiger charge is -2.14. The molecule has 4 aromatic rings. The Kier molecular flexibility index (Phi) is 5.15. The van der Waals surface area contributed by atoms with Crippen molar-refractivity contribution in [1.82, 2.24) is 9.97 Å². The largest absolute Gasteiger partial charge is 0.324 e. The molecule has 2 aliphatic rings. The SMILES string of the molecule is C[C@H]1C[C@H]1c1ccccc1Nc1ncc2c(n1)-c1ccc(Cl)cc1C(c1ccccc1F)=NC2. The van der Waals surface area contributed by atoms with E-state index in [1.807, 2.05) is 30.3 Å². The van der Waals surface area contributed by atoms with Gasteiger partial charge in [0, 0.05) is 39.2 Å². The number of aliphatic imine (C=N–C) groups is 1. The van der Waals surface area contributed by atoms with Gasteiger partial charge in [-0.3, -0.25) is 4.99 Å². The Bertz CT molecular complexity index is 1450. The molecule has 0 saturated heterocycles. The van der Waals surface area contributed by atoms with Gasteiger partial charge in [-0.25, -0.2) is 14.4 Å². The molecular weight excluding hydrogens is 447 g/mol. The first-order valence-corrected chi connectivity index (χ1v) is 11.8. The molecule has 34 heavy (non-hydrogen) atoms. The van der Waals surface area contributed by atoms with Gasteiger partial charge in [0.15, 0.2) is 0 Å². The molecule has 2 heterocycles. The first-order valence-electron chi connectivity index (χ1n) is 11.4. The van der Waals surface area contributed by atoms with E-state index in [4.69, 9.17) is 21.6 Å². The summed E-state index contributed by atoms with van der Waals surface area (Å²) in [6.45, 7) is 2.62. The molecular formula is C28H22ClFN4. The lowest BCUT2D eigenvalue weighted by atomic mass is 9.95. The molecule has 2 atom stereocenters. The molecule has 0 amide bonds. The number of anilines is 2. The molecule has 6 heteroatoms. The van der Waals surface area contributed by atoms with Crippen LogP contribution in [0.5, 0.6) is 0 Å². The number of aromatic nitrogens is 2. The number of para-hydroxylation sites is 1. The number of nitrogens with zero attached hydrogens (tertiary/aromatic N) is 3. The van der Waals surface area contributed by atoms with Gasteiger partial charge in [-0.2, -0.15) is 0 Å².